The Kier molecular flexibility index (Phi) is 4.23. The van der Waals surface area contributed by atoms with Crippen LogP contribution in [0, 0.1) is 0 Å². The number of carbonyl (C=O) groups excluding carboxylic acids is 1. The van der Waals surface area contributed by atoms with E-state index >= 15 is 0 Å². The quantitative estimate of drug-likeness (QED) is 0.933. The third-order valence-corrected chi connectivity index (χ3v) is 3.12. The minimum atomic E-state index is -0.135. The maximum atomic E-state index is 12.0. The van der Waals surface area contributed by atoms with Crippen LogP contribution in [0.2, 0.25) is 0 Å². The Bertz CT molecular complexity index is 567. The van der Waals surface area contributed by atoms with Gasteiger partial charge in [-0.05, 0) is 12.0 Å². The number of hydrogen-bond donors (Lipinski definition) is 1. The molecule has 1 N–H and O–H groups in total. The molecule has 4 nitrogen and oxygen atoms in total. The first-order valence-electron chi connectivity index (χ1n) is 6.83. The Hall–Kier alpha value is -2.10. The highest BCUT2D eigenvalue weighted by Crippen LogP contribution is 2.19. The largest absolute Gasteiger partial charge is 0.337 e. The lowest BCUT2D eigenvalue weighted by atomic mass is 9.93. The molecule has 2 aromatic rings. The number of imidazole rings is 1. The normalized spacial score (nSPS) is 11.3. The SMILES string of the molecule is CC(C)(C)c1cn(C(=O)NCCc2ccccc2)cn1. The molecule has 0 fully saturated rings. The summed E-state index contributed by atoms with van der Waals surface area (Å²) in [5.41, 5.74) is 2.08. The summed E-state index contributed by atoms with van der Waals surface area (Å²) in [4.78, 5) is 16.3. The molecule has 1 aromatic heterocycles. The molecule has 0 unspecified atom stereocenters. The molecule has 0 bridgehead atoms. The van der Waals surface area contributed by atoms with Gasteiger partial charge < -0.3 is 5.32 Å². The first-order chi connectivity index (χ1) is 9.47. The van der Waals surface area contributed by atoms with E-state index in [0.717, 1.165) is 12.1 Å². The van der Waals surface area contributed by atoms with Gasteiger partial charge in [0, 0.05) is 18.2 Å². The Morgan fingerprint density at radius 2 is 1.95 bits per heavy atom. The summed E-state index contributed by atoms with van der Waals surface area (Å²) < 4.78 is 1.51. The average molecular weight is 271 g/mol. The predicted molar refractivity (Wildman–Crippen MR) is 79.9 cm³/mol. The van der Waals surface area contributed by atoms with E-state index in [4.69, 9.17) is 0 Å². The monoisotopic (exact) mass is 271 g/mol. The van der Waals surface area contributed by atoms with E-state index in [1.807, 2.05) is 18.2 Å². The summed E-state index contributed by atoms with van der Waals surface area (Å²) in [6.07, 6.45) is 4.18. The molecule has 0 aliphatic heterocycles. The van der Waals surface area contributed by atoms with Crippen molar-refractivity contribution in [2.75, 3.05) is 6.54 Å². The molecule has 106 valence electrons. The second kappa shape index (κ2) is 5.90. The fraction of sp³-hybridized carbons (Fsp3) is 0.375. The molecule has 2 rings (SSSR count). The van der Waals surface area contributed by atoms with Gasteiger partial charge >= 0.3 is 6.03 Å². The third kappa shape index (κ3) is 3.70. The molecule has 0 radical (unpaired) electrons. The number of amides is 1. The van der Waals surface area contributed by atoms with Crippen LogP contribution in [-0.4, -0.2) is 22.1 Å². The number of benzene rings is 1. The topological polar surface area (TPSA) is 46.9 Å². The fourth-order valence-corrected chi connectivity index (χ4v) is 1.87. The van der Waals surface area contributed by atoms with Crippen molar-refractivity contribution in [3.05, 3.63) is 54.1 Å². The minimum absolute atomic E-state index is 0.0461. The molecule has 4 heteroatoms. The van der Waals surface area contributed by atoms with Crippen molar-refractivity contribution in [1.29, 1.82) is 0 Å². The summed E-state index contributed by atoms with van der Waals surface area (Å²) in [7, 11) is 0. The van der Waals surface area contributed by atoms with Gasteiger partial charge in [-0.25, -0.2) is 9.78 Å². The van der Waals surface area contributed by atoms with E-state index in [2.05, 4.69) is 43.2 Å². The molecular weight excluding hydrogens is 250 g/mol. The number of hydrogen-bond acceptors (Lipinski definition) is 2. The van der Waals surface area contributed by atoms with Crippen LogP contribution in [0.1, 0.15) is 32.0 Å². The van der Waals surface area contributed by atoms with E-state index in [1.54, 1.807) is 12.5 Å². The zero-order valence-corrected chi connectivity index (χ0v) is 12.3. The lowest BCUT2D eigenvalue weighted by Gasteiger charge is -2.14. The Balaban J connectivity index is 1.88. The Labute approximate surface area is 119 Å². The lowest BCUT2D eigenvalue weighted by Crippen LogP contribution is -2.29. The molecule has 1 amide bonds. The zero-order valence-electron chi connectivity index (χ0n) is 12.3. The Morgan fingerprint density at radius 3 is 2.55 bits per heavy atom. The maximum absolute atomic E-state index is 12.0. The van der Waals surface area contributed by atoms with Crippen LogP contribution < -0.4 is 5.32 Å². The number of aromatic nitrogens is 2. The van der Waals surface area contributed by atoms with Gasteiger partial charge in [-0.3, -0.25) is 4.57 Å². The number of nitrogens with one attached hydrogen (secondary N) is 1. The molecular formula is C16H21N3O. The van der Waals surface area contributed by atoms with E-state index in [0.29, 0.717) is 6.54 Å². The van der Waals surface area contributed by atoms with Crippen molar-refractivity contribution in [3.63, 3.8) is 0 Å². The van der Waals surface area contributed by atoms with Crippen molar-refractivity contribution >= 4 is 6.03 Å². The lowest BCUT2D eigenvalue weighted by molar-refractivity contribution is 0.242. The summed E-state index contributed by atoms with van der Waals surface area (Å²) >= 11 is 0. The van der Waals surface area contributed by atoms with Gasteiger partial charge in [0.2, 0.25) is 0 Å². The fourth-order valence-electron chi connectivity index (χ4n) is 1.87. The summed E-state index contributed by atoms with van der Waals surface area (Å²) in [5, 5.41) is 2.90. The molecule has 0 saturated carbocycles. The van der Waals surface area contributed by atoms with E-state index in [1.165, 1.54) is 10.1 Å². The summed E-state index contributed by atoms with van der Waals surface area (Å²) in [6.45, 7) is 6.85. The Morgan fingerprint density at radius 1 is 1.25 bits per heavy atom. The van der Waals surface area contributed by atoms with E-state index in [9.17, 15) is 4.79 Å². The van der Waals surface area contributed by atoms with Crippen molar-refractivity contribution in [3.8, 4) is 0 Å². The molecule has 0 atom stereocenters. The molecule has 1 heterocycles. The van der Waals surface area contributed by atoms with Crippen LogP contribution in [0.5, 0.6) is 0 Å². The number of nitrogens with zero attached hydrogens (tertiary/aromatic N) is 2. The second-order valence-electron chi connectivity index (χ2n) is 5.88. The van der Waals surface area contributed by atoms with Crippen molar-refractivity contribution < 1.29 is 4.79 Å². The summed E-state index contributed by atoms with van der Waals surface area (Å²) in [5.74, 6) is 0. The summed E-state index contributed by atoms with van der Waals surface area (Å²) in [6, 6.07) is 9.97. The van der Waals surface area contributed by atoms with Crippen LogP contribution in [-0.2, 0) is 11.8 Å². The molecule has 0 saturated heterocycles. The second-order valence-corrected chi connectivity index (χ2v) is 5.88. The highest BCUT2D eigenvalue weighted by atomic mass is 16.2. The predicted octanol–water partition coefficient (Wildman–Crippen LogP) is 2.98. The average Bonchev–Trinajstić information content (AvgIpc) is 2.89. The van der Waals surface area contributed by atoms with Crippen molar-refractivity contribution in [2.45, 2.75) is 32.6 Å². The van der Waals surface area contributed by atoms with E-state index < -0.39 is 0 Å². The zero-order chi connectivity index (χ0) is 14.6. The minimum Gasteiger partial charge on any atom is -0.337 e. The van der Waals surface area contributed by atoms with E-state index in [-0.39, 0.29) is 11.4 Å². The van der Waals surface area contributed by atoms with Crippen LogP contribution in [0.15, 0.2) is 42.9 Å². The van der Waals surface area contributed by atoms with Gasteiger partial charge in [0.15, 0.2) is 0 Å². The highest BCUT2D eigenvalue weighted by molar-refractivity contribution is 5.76. The molecule has 20 heavy (non-hydrogen) atoms. The van der Waals surface area contributed by atoms with Gasteiger partial charge in [-0.15, -0.1) is 0 Å². The number of rotatable bonds is 3. The van der Waals surface area contributed by atoms with Crippen LogP contribution in [0.25, 0.3) is 0 Å². The van der Waals surface area contributed by atoms with Gasteiger partial charge in [0.25, 0.3) is 0 Å². The number of carbonyl (C=O) groups is 1. The third-order valence-electron chi connectivity index (χ3n) is 3.12. The molecule has 0 spiro atoms. The first-order valence-corrected chi connectivity index (χ1v) is 6.83. The van der Waals surface area contributed by atoms with Crippen LogP contribution in [0.4, 0.5) is 4.79 Å². The highest BCUT2D eigenvalue weighted by Gasteiger charge is 2.17. The van der Waals surface area contributed by atoms with Crippen molar-refractivity contribution in [2.24, 2.45) is 0 Å². The molecule has 0 aliphatic carbocycles. The molecule has 1 aromatic carbocycles. The standard InChI is InChI=1S/C16H21N3O/c1-16(2,3)14-11-19(12-18-14)15(20)17-10-9-13-7-5-4-6-8-13/h4-8,11-12H,9-10H2,1-3H3,(H,17,20). The van der Waals surface area contributed by atoms with Crippen LogP contribution >= 0.6 is 0 Å². The van der Waals surface area contributed by atoms with Crippen LogP contribution in [0.3, 0.4) is 0 Å². The van der Waals surface area contributed by atoms with Crippen molar-refractivity contribution in [1.82, 2.24) is 14.9 Å². The van der Waals surface area contributed by atoms with Gasteiger partial charge in [-0.1, -0.05) is 51.1 Å². The molecule has 0 aliphatic rings. The maximum Gasteiger partial charge on any atom is 0.326 e. The van der Waals surface area contributed by atoms with Gasteiger partial charge in [-0.2, -0.15) is 0 Å². The van der Waals surface area contributed by atoms with Gasteiger partial charge in [0.1, 0.15) is 6.33 Å². The first kappa shape index (κ1) is 14.3. The van der Waals surface area contributed by atoms with Gasteiger partial charge in [0.05, 0.1) is 5.69 Å². The smallest absolute Gasteiger partial charge is 0.326 e.